The maximum absolute atomic E-state index is 12.5. The number of ether oxygens (including phenoxy) is 2. The number of benzene rings is 1. The topological polar surface area (TPSA) is 56.5 Å². The highest BCUT2D eigenvalue weighted by Gasteiger charge is 2.34. The van der Waals surface area contributed by atoms with Crippen molar-refractivity contribution in [3.8, 4) is 5.75 Å². The van der Waals surface area contributed by atoms with Crippen molar-refractivity contribution < 1.29 is 22.6 Å². The average Bonchev–Trinajstić information content (AvgIpc) is 2.38. The lowest BCUT2D eigenvalue weighted by Crippen LogP contribution is -2.41. The van der Waals surface area contributed by atoms with Gasteiger partial charge in [0.2, 0.25) is 0 Å². The first kappa shape index (κ1) is 17.7. The van der Waals surface area contributed by atoms with E-state index in [4.69, 9.17) is 10.6 Å². The molecule has 0 aromatic heterocycles. The van der Waals surface area contributed by atoms with Gasteiger partial charge < -0.3 is 9.47 Å². The van der Waals surface area contributed by atoms with E-state index in [0.29, 0.717) is 12.2 Å². The molecule has 0 aliphatic rings. The van der Waals surface area contributed by atoms with E-state index in [-0.39, 0.29) is 17.8 Å². The molecule has 7 heteroatoms. The van der Waals surface area contributed by atoms with Crippen LogP contribution in [0.25, 0.3) is 0 Å². The van der Waals surface area contributed by atoms with Gasteiger partial charge >= 0.3 is 6.36 Å². The molecule has 1 aromatic rings. The van der Waals surface area contributed by atoms with Gasteiger partial charge in [0.25, 0.3) is 0 Å². The minimum Gasteiger partial charge on any atom is -0.405 e. The molecule has 1 rings (SSSR count). The van der Waals surface area contributed by atoms with Crippen LogP contribution < -0.4 is 16.0 Å². The van der Waals surface area contributed by atoms with E-state index < -0.39 is 12.4 Å². The molecule has 0 fully saturated rings. The number of alkyl halides is 3. The lowest BCUT2D eigenvalue weighted by Gasteiger charge is -2.31. The number of nitrogens with two attached hydrogens (primary N) is 1. The number of hydrogen-bond donors (Lipinski definition) is 2. The summed E-state index contributed by atoms with van der Waals surface area (Å²) in [5, 5.41) is 0. The Labute approximate surface area is 122 Å². The molecule has 0 radical (unpaired) electrons. The molecule has 0 aliphatic carbocycles. The number of para-hydroxylation sites is 1. The quantitative estimate of drug-likeness (QED) is 0.600. The second-order valence-electron chi connectivity index (χ2n) is 4.89. The molecule has 0 bridgehead atoms. The minimum atomic E-state index is -4.76. The van der Waals surface area contributed by atoms with Crippen molar-refractivity contribution in [2.75, 3.05) is 6.61 Å². The fraction of sp³-hybridized carbons (Fsp3) is 0.571. The van der Waals surface area contributed by atoms with E-state index in [1.807, 2.05) is 20.8 Å². The molecule has 3 N–H and O–H groups in total. The van der Waals surface area contributed by atoms with E-state index in [0.717, 1.165) is 0 Å². The SMILES string of the molecule is CCOC(C(C)C)C(NN)c1ccccc1OC(F)(F)F. The molecule has 0 heterocycles. The fourth-order valence-electron chi connectivity index (χ4n) is 2.18. The van der Waals surface area contributed by atoms with Gasteiger partial charge in [-0.1, -0.05) is 32.0 Å². The van der Waals surface area contributed by atoms with E-state index in [2.05, 4.69) is 10.2 Å². The van der Waals surface area contributed by atoms with Gasteiger partial charge in [0, 0.05) is 12.2 Å². The lowest BCUT2D eigenvalue weighted by molar-refractivity contribution is -0.275. The Morgan fingerprint density at radius 2 is 1.86 bits per heavy atom. The Morgan fingerprint density at radius 3 is 2.33 bits per heavy atom. The Hall–Kier alpha value is -1.31. The molecular formula is C14H21F3N2O2. The molecule has 0 saturated heterocycles. The van der Waals surface area contributed by atoms with Crippen LogP contribution in [-0.2, 0) is 4.74 Å². The van der Waals surface area contributed by atoms with Gasteiger partial charge in [-0.05, 0) is 18.9 Å². The molecular weight excluding hydrogens is 285 g/mol. The van der Waals surface area contributed by atoms with Gasteiger partial charge in [-0.15, -0.1) is 13.2 Å². The van der Waals surface area contributed by atoms with Crippen molar-refractivity contribution in [2.45, 2.75) is 39.3 Å². The number of nitrogens with one attached hydrogen (secondary N) is 1. The molecule has 21 heavy (non-hydrogen) atoms. The smallest absolute Gasteiger partial charge is 0.405 e. The van der Waals surface area contributed by atoms with Gasteiger partial charge in [-0.2, -0.15) is 0 Å². The van der Waals surface area contributed by atoms with Crippen LogP contribution in [0.4, 0.5) is 13.2 Å². The van der Waals surface area contributed by atoms with Gasteiger partial charge in [-0.25, -0.2) is 0 Å². The Morgan fingerprint density at radius 1 is 1.24 bits per heavy atom. The summed E-state index contributed by atoms with van der Waals surface area (Å²) in [6.45, 7) is 6.08. The third-order valence-corrected chi connectivity index (χ3v) is 3.00. The number of hydrogen-bond acceptors (Lipinski definition) is 4. The summed E-state index contributed by atoms with van der Waals surface area (Å²) in [4.78, 5) is 0. The van der Waals surface area contributed by atoms with Crippen LogP contribution in [0.5, 0.6) is 5.75 Å². The van der Waals surface area contributed by atoms with E-state index in [1.165, 1.54) is 12.1 Å². The third kappa shape index (κ3) is 5.18. The highest BCUT2D eigenvalue weighted by atomic mass is 19.4. The van der Waals surface area contributed by atoms with Crippen molar-refractivity contribution in [1.29, 1.82) is 0 Å². The first-order valence-electron chi connectivity index (χ1n) is 6.72. The number of hydrazine groups is 1. The van der Waals surface area contributed by atoms with Crippen molar-refractivity contribution in [3.05, 3.63) is 29.8 Å². The maximum Gasteiger partial charge on any atom is 0.573 e. The summed E-state index contributed by atoms with van der Waals surface area (Å²) in [7, 11) is 0. The van der Waals surface area contributed by atoms with Gasteiger partial charge in [0.15, 0.2) is 0 Å². The standard InChI is InChI=1S/C14H21F3N2O2/c1-4-20-13(9(2)3)12(19-18)10-7-5-6-8-11(10)21-14(15,16)17/h5-9,12-13,19H,4,18H2,1-3H3. The number of rotatable bonds is 7. The molecule has 2 atom stereocenters. The first-order chi connectivity index (χ1) is 9.80. The summed E-state index contributed by atoms with van der Waals surface area (Å²) in [6.07, 6.45) is -5.13. The van der Waals surface area contributed by atoms with Gasteiger partial charge in [0.05, 0.1) is 12.1 Å². The molecule has 1 aromatic carbocycles. The Kier molecular flexibility index (Phi) is 6.44. The summed E-state index contributed by atoms with van der Waals surface area (Å²) in [5.74, 6) is 5.32. The zero-order chi connectivity index (χ0) is 16.0. The summed E-state index contributed by atoms with van der Waals surface area (Å²) < 4.78 is 47.2. The molecule has 0 aliphatic heterocycles. The van der Waals surface area contributed by atoms with Crippen LogP contribution in [0.1, 0.15) is 32.4 Å². The predicted molar refractivity (Wildman–Crippen MR) is 73.4 cm³/mol. The summed E-state index contributed by atoms with van der Waals surface area (Å²) >= 11 is 0. The highest BCUT2D eigenvalue weighted by molar-refractivity contribution is 5.36. The molecule has 2 unspecified atom stereocenters. The second kappa shape index (κ2) is 7.63. The second-order valence-corrected chi connectivity index (χ2v) is 4.89. The summed E-state index contributed by atoms with van der Waals surface area (Å²) in [5.41, 5.74) is 2.85. The summed E-state index contributed by atoms with van der Waals surface area (Å²) in [6, 6.07) is 5.30. The Balaban J connectivity index is 3.15. The zero-order valence-electron chi connectivity index (χ0n) is 12.3. The first-order valence-corrected chi connectivity index (χ1v) is 6.72. The molecule has 0 spiro atoms. The van der Waals surface area contributed by atoms with E-state index in [1.54, 1.807) is 12.1 Å². The highest BCUT2D eigenvalue weighted by Crippen LogP contribution is 2.33. The van der Waals surface area contributed by atoms with Crippen LogP contribution in [0.2, 0.25) is 0 Å². The van der Waals surface area contributed by atoms with Crippen molar-refractivity contribution in [3.63, 3.8) is 0 Å². The molecule has 0 saturated carbocycles. The predicted octanol–water partition coefficient (Wildman–Crippen LogP) is 3.15. The maximum atomic E-state index is 12.5. The van der Waals surface area contributed by atoms with Crippen molar-refractivity contribution in [1.82, 2.24) is 5.43 Å². The minimum absolute atomic E-state index is 0.0601. The molecule has 120 valence electrons. The van der Waals surface area contributed by atoms with Crippen LogP contribution in [0.3, 0.4) is 0 Å². The monoisotopic (exact) mass is 306 g/mol. The van der Waals surface area contributed by atoms with E-state index in [9.17, 15) is 13.2 Å². The zero-order valence-corrected chi connectivity index (χ0v) is 12.3. The fourth-order valence-corrected chi connectivity index (χ4v) is 2.18. The number of halogens is 3. The van der Waals surface area contributed by atoms with Gasteiger partial charge in [-0.3, -0.25) is 11.3 Å². The molecule has 0 amide bonds. The molecule has 4 nitrogen and oxygen atoms in total. The van der Waals surface area contributed by atoms with Gasteiger partial charge in [0.1, 0.15) is 5.75 Å². The normalized spacial score (nSPS) is 15.0. The third-order valence-electron chi connectivity index (χ3n) is 3.00. The van der Waals surface area contributed by atoms with Crippen LogP contribution >= 0.6 is 0 Å². The largest absolute Gasteiger partial charge is 0.573 e. The average molecular weight is 306 g/mol. The van der Waals surface area contributed by atoms with Crippen LogP contribution in [-0.4, -0.2) is 19.1 Å². The van der Waals surface area contributed by atoms with Crippen molar-refractivity contribution in [2.24, 2.45) is 11.8 Å². The Bertz CT molecular complexity index is 438. The van der Waals surface area contributed by atoms with Crippen LogP contribution in [0.15, 0.2) is 24.3 Å². The van der Waals surface area contributed by atoms with Crippen molar-refractivity contribution >= 4 is 0 Å². The van der Waals surface area contributed by atoms with Crippen LogP contribution in [0, 0.1) is 5.92 Å². The lowest BCUT2D eigenvalue weighted by atomic mass is 9.93. The van der Waals surface area contributed by atoms with E-state index >= 15 is 0 Å².